The summed E-state index contributed by atoms with van der Waals surface area (Å²) in [5, 5.41) is 10.2. The summed E-state index contributed by atoms with van der Waals surface area (Å²) in [5.41, 5.74) is 0. The third-order valence-electron chi connectivity index (χ3n) is 8.58. The van der Waals surface area contributed by atoms with E-state index in [0.717, 1.165) is 12.8 Å². The van der Waals surface area contributed by atoms with Crippen molar-refractivity contribution in [2.24, 2.45) is 0 Å². The van der Waals surface area contributed by atoms with Gasteiger partial charge in [0.1, 0.15) is 0 Å². The van der Waals surface area contributed by atoms with E-state index in [1.165, 1.54) is 193 Å². The molecule has 0 bridgehead atoms. The molecule has 0 amide bonds. The fourth-order valence-corrected chi connectivity index (χ4v) is 5.94. The molecule has 248 valence electrons. The van der Waals surface area contributed by atoms with Gasteiger partial charge in [0.25, 0.3) is 0 Å². The van der Waals surface area contributed by atoms with Crippen LogP contribution in [0.15, 0.2) is 0 Å². The fraction of sp³-hybridized carbons (Fsp3) is 0.974. The molecular weight excluding hydrogens is 502 g/mol. The molecule has 0 heterocycles. The van der Waals surface area contributed by atoms with Gasteiger partial charge in [-0.3, -0.25) is 0 Å². The Bertz CT molecular complexity index is 461. The van der Waals surface area contributed by atoms with Gasteiger partial charge in [-0.15, -0.1) is 0 Å². The van der Waals surface area contributed by atoms with Gasteiger partial charge in [0.05, 0.1) is 19.6 Å². The van der Waals surface area contributed by atoms with Crippen LogP contribution in [0.2, 0.25) is 0 Å². The molecule has 0 saturated heterocycles. The van der Waals surface area contributed by atoms with Gasteiger partial charge in [0, 0.05) is 5.97 Å². The lowest BCUT2D eigenvalue weighted by Crippen LogP contribution is -3.12. The maximum Gasteiger partial charge on any atom is 0.0770 e. The minimum atomic E-state index is -0.903. The molecule has 0 aromatic carbocycles. The zero-order valence-electron chi connectivity index (χ0n) is 29.2. The molecule has 0 atom stereocenters. The van der Waals surface area contributed by atoms with E-state index >= 15 is 0 Å². The topological polar surface area (TPSA) is 44.6 Å². The van der Waals surface area contributed by atoms with Crippen LogP contribution in [0, 0.1) is 0 Å². The lowest BCUT2D eigenvalue weighted by atomic mass is 10.0. The van der Waals surface area contributed by atoms with Crippen molar-refractivity contribution < 1.29 is 14.8 Å². The Hall–Kier alpha value is -0.570. The van der Waals surface area contributed by atoms with Crippen molar-refractivity contribution in [2.75, 3.05) is 19.6 Å². The van der Waals surface area contributed by atoms with E-state index in [4.69, 9.17) is 0 Å². The predicted molar refractivity (Wildman–Crippen MR) is 182 cm³/mol. The number of rotatable bonds is 33. The Balaban J connectivity index is 0. The van der Waals surface area contributed by atoms with Crippen LogP contribution in [0.25, 0.3) is 0 Å². The van der Waals surface area contributed by atoms with Crippen molar-refractivity contribution >= 4 is 5.97 Å². The molecule has 41 heavy (non-hydrogen) atoms. The molecule has 0 fully saturated rings. The number of carbonyl (C=O) groups excluding carboxylic acids is 1. The van der Waals surface area contributed by atoms with Crippen molar-refractivity contribution in [1.29, 1.82) is 0 Å². The number of hydrogen-bond donors (Lipinski definition) is 1. The van der Waals surface area contributed by atoms with Gasteiger partial charge in [-0.25, -0.2) is 0 Å². The summed E-state index contributed by atoms with van der Waals surface area (Å²) in [5.74, 6) is -0.903. The van der Waals surface area contributed by atoms with E-state index in [0.29, 0.717) is 0 Å². The monoisotopic (exact) mass is 582 g/mol. The summed E-state index contributed by atoms with van der Waals surface area (Å²) in [6, 6.07) is 0. The SMILES string of the molecule is CCCCCCCCCCCCCCCCCC(=O)[O-].CCCCCCCCCCCCCC[NH+](CCC)CCC. The Labute approximate surface area is 260 Å². The third kappa shape index (κ3) is 41.6. The summed E-state index contributed by atoms with van der Waals surface area (Å²) in [6.07, 6.45) is 40.1. The van der Waals surface area contributed by atoms with Crippen molar-refractivity contribution in [3.8, 4) is 0 Å². The van der Waals surface area contributed by atoms with Gasteiger partial charge in [-0.2, -0.15) is 0 Å². The Kier molecular flexibility index (Phi) is 40.9. The summed E-state index contributed by atoms with van der Waals surface area (Å²) >= 11 is 0. The Morgan fingerprint density at radius 3 is 0.902 bits per heavy atom. The number of carboxylic acid groups (broad SMARTS) is 1. The highest BCUT2D eigenvalue weighted by Gasteiger charge is 2.04. The fourth-order valence-electron chi connectivity index (χ4n) is 5.94. The average molecular weight is 582 g/mol. The first-order valence-corrected chi connectivity index (χ1v) is 19.2. The van der Waals surface area contributed by atoms with Crippen molar-refractivity contribution in [3.05, 3.63) is 0 Å². The molecule has 3 heteroatoms. The largest absolute Gasteiger partial charge is 0.550 e. The number of quaternary nitrogens is 1. The lowest BCUT2D eigenvalue weighted by molar-refractivity contribution is -0.900. The van der Waals surface area contributed by atoms with E-state index in [1.807, 2.05) is 4.90 Å². The summed E-state index contributed by atoms with van der Waals surface area (Å²) in [6.45, 7) is 13.4. The molecule has 0 aromatic rings. The quantitative estimate of drug-likeness (QED) is 0.0783. The molecule has 0 spiro atoms. The molecule has 3 nitrogen and oxygen atoms in total. The molecule has 0 saturated carbocycles. The molecule has 0 aromatic heterocycles. The Morgan fingerprint density at radius 2 is 0.634 bits per heavy atom. The zero-order chi connectivity index (χ0) is 30.5. The third-order valence-corrected chi connectivity index (χ3v) is 8.58. The highest BCUT2D eigenvalue weighted by molar-refractivity contribution is 5.64. The average Bonchev–Trinajstić information content (AvgIpc) is 2.96. The van der Waals surface area contributed by atoms with Gasteiger partial charge in [-0.1, -0.05) is 182 Å². The van der Waals surface area contributed by atoms with E-state index in [2.05, 4.69) is 27.7 Å². The van der Waals surface area contributed by atoms with Crippen LogP contribution in [0.1, 0.15) is 220 Å². The molecule has 0 aliphatic heterocycles. The van der Waals surface area contributed by atoms with Crippen LogP contribution < -0.4 is 10.0 Å². The second-order valence-electron chi connectivity index (χ2n) is 13.0. The first-order valence-electron chi connectivity index (χ1n) is 19.2. The lowest BCUT2D eigenvalue weighted by Gasteiger charge is -2.17. The first kappa shape index (κ1) is 42.6. The van der Waals surface area contributed by atoms with Crippen LogP contribution in [-0.4, -0.2) is 25.6 Å². The number of aliphatic carboxylic acids is 1. The highest BCUT2D eigenvalue weighted by Crippen LogP contribution is 2.14. The second-order valence-corrected chi connectivity index (χ2v) is 13.0. The smallest absolute Gasteiger partial charge is 0.0770 e. The molecule has 0 aliphatic rings. The zero-order valence-corrected chi connectivity index (χ0v) is 29.2. The highest BCUT2D eigenvalue weighted by atomic mass is 16.4. The Morgan fingerprint density at radius 1 is 0.366 bits per heavy atom. The molecule has 1 N–H and O–H groups in total. The summed E-state index contributed by atoms with van der Waals surface area (Å²) < 4.78 is 0. The number of hydrogen-bond acceptors (Lipinski definition) is 2. The summed E-state index contributed by atoms with van der Waals surface area (Å²) in [7, 11) is 0. The maximum absolute atomic E-state index is 10.2. The molecule has 0 rings (SSSR count). The van der Waals surface area contributed by atoms with E-state index < -0.39 is 5.97 Å². The van der Waals surface area contributed by atoms with E-state index in [-0.39, 0.29) is 6.42 Å². The predicted octanol–water partition coefficient (Wildman–Crippen LogP) is 10.4. The van der Waals surface area contributed by atoms with Crippen molar-refractivity contribution in [1.82, 2.24) is 0 Å². The first-order chi connectivity index (χ1) is 20.1. The van der Waals surface area contributed by atoms with Crippen molar-refractivity contribution in [3.63, 3.8) is 0 Å². The number of carboxylic acids is 1. The van der Waals surface area contributed by atoms with Crippen LogP contribution in [-0.2, 0) is 4.79 Å². The van der Waals surface area contributed by atoms with Gasteiger partial charge in [0.2, 0.25) is 0 Å². The molecule has 0 unspecified atom stereocenters. The van der Waals surface area contributed by atoms with Gasteiger partial charge < -0.3 is 14.8 Å². The second kappa shape index (κ2) is 39.4. The van der Waals surface area contributed by atoms with Crippen molar-refractivity contribution in [2.45, 2.75) is 220 Å². The van der Waals surface area contributed by atoms with Crippen LogP contribution >= 0.6 is 0 Å². The number of nitrogens with one attached hydrogen (secondary N) is 1. The molecule has 0 aliphatic carbocycles. The van der Waals surface area contributed by atoms with E-state index in [9.17, 15) is 9.90 Å². The standard InChI is InChI=1S/C20H43N.C18H36O2/c1-4-7-8-9-10-11-12-13-14-15-16-17-20-21(18-5-2)19-6-3;1-2-3-4-5-6-7-8-9-10-11-12-13-14-15-16-17-18(19)20/h4-20H2,1-3H3;2-17H2,1H3,(H,19,20). The molecular formula is C38H79NO2. The van der Waals surface area contributed by atoms with Gasteiger partial charge in [0.15, 0.2) is 0 Å². The van der Waals surface area contributed by atoms with Crippen LogP contribution in [0.5, 0.6) is 0 Å². The minimum Gasteiger partial charge on any atom is -0.550 e. The van der Waals surface area contributed by atoms with Gasteiger partial charge in [-0.05, 0) is 38.5 Å². The molecule has 0 radical (unpaired) electrons. The normalized spacial score (nSPS) is 11.1. The van der Waals surface area contributed by atoms with Gasteiger partial charge >= 0.3 is 0 Å². The minimum absolute atomic E-state index is 0.234. The number of carbonyl (C=O) groups is 1. The van der Waals surface area contributed by atoms with E-state index in [1.54, 1.807) is 0 Å². The van der Waals surface area contributed by atoms with Crippen LogP contribution in [0.4, 0.5) is 0 Å². The summed E-state index contributed by atoms with van der Waals surface area (Å²) in [4.78, 5) is 12.1. The number of unbranched alkanes of at least 4 members (excludes halogenated alkanes) is 25. The maximum atomic E-state index is 10.2. The van der Waals surface area contributed by atoms with Crippen LogP contribution in [0.3, 0.4) is 0 Å².